The van der Waals surface area contributed by atoms with E-state index in [0.29, 0.717) is 5.69 Å². The highest BCUT2D eigenvalue weighted by Gasteiger charge is 2.28. The number of anilines is 1. The van der Waals surface area contributed by atoms with Crippen molar-refractivity contribution in [2.45, 2.75) is 44.4 Å². The van der Waals surface area contributed by atoms with Gasteiger partial charge in [0.15, 0.2) is 5.03 Å². The van der Waals surface area contributed by atoms with Crippen molar-refractivity contribution in [2.24, 2.45) is 0 Å². The summed E-state index contributed by atoms with van der Waals surface area (Å²) in [5.41, 5.74) is 0.506. The third-order valence-electron chi connectivity index (χ3n) is 3.71. The molecule has 0 fully saturated rings. The van der Waals surface area contributed by atoms with Crippen LogP contribution in [0.1, 0.15) is 33.2 Å². The largest absolute Gasteiger partial charge is 0.392 e. The van der Waals surface area contributed by atoms with Crippen molar-refractivity contribution >= 4 is 15.7 Å². The number of aromatic nitrogens is 2. The van der Waals surface area contributed by atoms with E-state index in [1.54, 1.807) is 42.0 Å². The fraction of sp³-hybridized carbons (Fsp3) is 0.438. The Bertz CT molecular complexity index is 726. The molecule has 2 atom stereocenters. The molecule has 2 aromatic rings. The molecule has 0 spiro atoms. The lowest BCUT2D eigenvalue weighted by Gasteiger charge is -2.24. The number of hydrogen-bond donors (Lipinski definition) is 1. The Morgan fingerprint density at radius 2 is 1.91 bits per heavy atom. The third-order valence-corrected chi connectivity index (χ3v) is 5.39. The lowest BCUT2D eigenvalue weighted by atomic mass is 10.3. The molecule has 1 aromatic carbocycles. The number of hydrogen-bond acceptors (Lipinski definition) is 4. The molecule has 1 heterocycles. The topological polar surface area (TPSA) is 75.4 Å². The summed E-state index contributed by atoms with van der Waals surface area (Å²) >= 11 is 0. The Hall–Kier alpha value is -1.86. The zero-order valence-electron chi connectivity index (χ0n) is 13.6. The smallest absolute Gasteiger partial charge is 0.283 e. The summed E-state index contributed by atoms with van der Waals surface area (Å²) in [6, 6.07) is 8.91. The van der Waals surface area contributed by atoms with Crippen molar-refractivity contribution in [2.75, 3.05) is 10.8 Å². The van der Waals surface area contributed by atoms with Gasteiger partial charge in [-0.25, -0.2) is 4.98 Å². The fourth-order valence-electron chi connectivity index (χ4n) is 2.19. The zero-order chi connectivity index (χ0) is 17.0. The lowest BCUT2D eigenvalue weighted by molar-refractivity contribution is 0.204. The van der Waals surface area contributed by atoms with Gasteiger partial charge in [0, 0.05) is 12.2 Å². The van der Waals surface area contributed by atoms with Crippen LogP contribution in [-0.2, 0) is 10.0 Å². The van der Waals surface area contributed by atoms with Crippen molar-refractivity contribution < 1.29 is 13.5 Å². The maximum Gasteiger partial charge on any atom is 0.283 e. The molecule has 0 aliphatic heterocycles. The molecule has 0 saturated carbocycles. The van der Waals surface area contributed by atoms with E-state index in [9.17, 15) is 13.5 Å². The Labute approximate surface area is 137 Å². The number of aliphatic hydroxyl groups is 1. The maximum absolute atomic E-state index is 12.9. The SMILES string of the molecule is CC[C@H](C)n1cnc(S(=O)(=O)N(C[C@H](C)O)c2ccccc2)c1. The summed E-state index contributed by atoms with van der Waals surface area (Å²) in [5, 5.41) is 9.68. The Morgan fingerprint density at radius 3 is 2.48 bits per heavy atom. The van der Waals surface area contributed by atoms with Crippen molar-refractivity contribution in [1.29, 1.82) is 0 Å². The number of para-hydroxylation sites is 1. The van der Waals surface area contributed by atoms with E-state index < -0.39 is 16.1 Å². The van der Waals surface area contributed by atoms with E-state index in [1.165, 1.54) is 10.6 Å². The lowest BCUT2D eigenvalue weighted by Crippen LogP contribution is -2.36. The second-order valence-corrected chi connectivity index (χ2v) is 7.45. The third kappa shape index (κ3) is 3.92. The van der Waals surface area contributed by atoms with Crippen LogP contribution in [0.4, 0.5) is 5.69 Å². The van der Waals surface area contributed by atoms with Crippen LogP contribution in [0.2, 0.25) is 0 Å². The minimum atomic E-state index is -3.83. The number of sulfonamides is 1. The van der Waals surface area contributed by atoms with Crippen LogP contribution in [0.15, 0.2) is 47.9 Å². The molecule has 2 rings (SSSR count). The number of rotatable bonds is 7. The van der Waals surface area contributed by atoms with Gasteiger partial charge in [-0.05, 0) is 32.4 Å². The summed E-state index contributed by atoms with van der Waals surface area (Å²) in [5.74, 6) is 0. The van der Waals surface area contributed by atoms with Crippen molar-refractivity contribution in [3.63, 3.8) is 0 Å². The van der Waals surface area contributed by atoms with Crippen molar-refractivity contribution in [3.05, 3.63) is 42.9 Å². The van der Waals surface area contributed by atoms with Gasteiger partial charge in [-0.3, -0.25) is 4.31 Å². The molecule has 23 heavy (non-hydrogen) atoms. The van der Waals surface area contributed by atoms with Crippen LogP contribution in [0.25, 0.3) is 0 Å². The number of benzene rings is 1. The Balaban J connectivity index is 2.42. The number of nitrogens with zero attached hydrogens (tertiary/aromatic N) is 3. The Kier molecular flexibility index (Phi) is 5.43. The predicted molar refractivity (Wildman–Crippen MR) is 89.9 cm³/mol. The molecule has 1 N–H and O–H groups in total. The number of aliphatic hydroxyl groups excluding tert-OH is 1. The standard InChI is InChI=1S/C16H23N3O3S/c1-4-13(2)18-11-16(17-12-18)23(21,22)19(10-14(3)20)15-8-6-5-7-9-15/h5-9,11-14,20H,4,10H2,1-3H3/t13-,14-/m0/s1. The van der Waals surface area contributed by atoms with Crippen molar-refractivity contribution in [1.82, 2.24) is 9.55 Å². The monoisotopic (exact) mass is 337 g/mol. The van der Waals surface area contributed by atoms with E-state index >= 15 is 0 Å². The van der Waals surface area contributed by atoms with Gasteiger partial charge in [0.1, 0.15) is 0 Å². The van der Waals surface area contributed by atoms with Crippen LogP contribution in [0, 0.1) is 0 Å². The van der Waals surface area contributed by atoms with Crippen LogP contribution < -0.4 is 4.31 Å². The first kappa shape index (κ1) is 17.5. The quantitative estimate of drug-likeness (QED) is 0.842. The molecule has 0 radical (unpaired) electrons. The molecule has 0 bridgehead atoms. The van der Waals surface area contributed by atoms with Crippen LogP contribution in [0.3, 0.4) is 0 Å². The first-order chi connectivity index (χ1) is 10.9. The van der Waals surface area contributed by atoms with Gasteiger partial charge in [-0.15, -0.1) is 0 Å². The fourth-order valence-corrected chi connectivity index (χ4v) is 3.66. The van der Waals surface area contributed by atoms with Gasteiger partial charge < -0.3 is 9.67 Å². The summed E-state index contributed by atoms with van der Waals surface area (Å²) in [6.45, 7) is 5.57. The second kappa shape index (κ2) is 7.14. The summed E-state index contributed by atoms with van der Waals surface area (Å²) in [7, 11) is -3.83. The first-order valence-corrected chi connectivity index (χ1v) is 9.09. The van der Waals surface area contributed by atoms with Gasteiger partial charge in [0.2, 0.25) is 0 Å². The normalized spacial score (nSPS) is 14.4. The first-order valence-electron chi connectivity index (χ1n) is 7.65. The van der Waals surface area contributed by atoms with E-state index in [2.05, 4.69) is 4.98 Å². The van der Waals surface area contributed by atoms with Crippen LogP contribution in [-0.4, -0.2) is 35.7 Å². The minimum absolute atomic E-state index is 0.0118. The average Bonchev–Trinajstić information content (AvgIpc) is 3.03. The minimum Gasteiger partial charge on any atom is -0.392 e. The molecular weight excluding hydrogens is 314 g/mol. The van der Waals surface area contributed by atoms with Gasteiger partial charge in [-0.2, -0.15) is 8.42 Å². The molecule has 0 aliphatic carbocycles. The van der Waals surface area contributed by atoms with Gasteiger partial charge in [0.05, 0.1) is 24.7 Å². The summed E-state index contributed by atoms with van der Waals surface area (Å²) in [6.07, 6.45) is 3.17. The second-order valence-electron chi connectivity index (χ2n) is 5.64. The zero-order valence-corrected chi connectivity index (χ0v) is 14.4. The van der Waals surface area contributed by atoms with E-state index in [0.717, 1.165) is 6.42 Å². The predicted octanol–water partition coefficient (Wildman–Crippen LogP) is 2.43. The number of imidazole rings is 1. The van der Waals surface area contributed by atoms with Gasteiger partial charge >= 0.3 is 0 Å². The van der Waals surface area contributed by atoms with E-state index in [-0.39, 0.29) is 17.6 Å². The summed E-state index contributed by atoms with van der Waals surface area (Å²) in [4.78, 5) is 4.06. The van der Waals surface area contributed by atoms with Crippen LogP contribution in [0.5, 0.6) is 0 Å². The molecule has 0 saturated heterocycles. The molecule has 126 valence electrons. The molecule has 7 heteroatoms. The highest BCUT2D eigenvalue weighted by Crippen LogP contribution is 2.23. The van der Waals surface area contributed by atoms with Crippen LogP contribution >= 0.6 is 0 Å². The summed E-state index contributed by atoms with van der Waals surface area (Å²) < 4.78 is 28.8. The molecular formula is C16H23N3O3S. The van der Waals surface area contributed by atoms with Gasteiger partial charge in [0.25, 0.3) is 10.0 Å². The molecule has 6 nitrogen and oxygen atoms in total. The molecule has 0 aliphatic rings. The maximum atomic E-state index is 12.9. The van der Waals surface area contributed by atoms with E-state index in [4.69, 9.17) is 0 Å². The molecule has 0 unspecified atom stereocenters. The molecule has 1 aromatic heterocycles. The average molecular weight is 337 g/mol. The molecule has 0 amide bonds. The van der Waals surface area contributed by atoms with Gasteiger partial charge in [-0.1, -0.05) is 25.1 Å². The van der Waals surface area contributed by atoms with Crippen molar-refractivity contribution in [3.8, 4) is 0 Å². The highest BCUT2D eigenvalue weighted by molar-refractivity contribution is 7.92. The Morgan fingerprint density at radius 1 is 1.26 bits per heavy atom. The highest BCUT2D eigenvalue weighted by atomic mass is 32.2. The van der Waals surface area contributed by atoms with E-state index in [1.807, 2.05) is 19.9 Å².